The molecule has 6 heteroatoms. The fourth-order valence-electron chi connectivity index (χ4n) is 2.33. The van der Waals surface area contributed by atoms with Crippen LogP contribution in [-0.4, -0.2) is 31.1 Å². The van der Waals surface area contributed by atoms with E-state index in [0.29, 0.717) is 0 Å². The van der Waals surface area contributed by atoms with E-state index in [1.54, 1.807) is 17.6 Å². The zero-order valence-electron chi connectivity index (χ0n) is 10.5. The predicted octanol–water partition coefficient (Wildman–Crippen LogP) is 3.18. The van der Waals surface area contributed by atoms with Gasteiger partial charge in [0.25, 0.3) is 0 Å². The van der Waals surface area contributed by atoms with Crippen LogP contribution in [-0.2, 0) is 0 Å². The Bertz CT molecular complexity index is 407. The highest BCUT2D eigenvalue weighted by atomic mass is 35.5. The first-order valence-corrected chi connectivity index (χ1v) is 6.85. The second-order valence-electron chi connectivity index (χ2n) is 4.22. The Morgan fingerprint density at radius 1 is 1.16 bits per heavy atom. The van der Waals surface area contributed by atoms with Crippen LogP contribution >= 0.6 is 36.2 Å². The zero-order valence-corrected chi connectivity index (χ0v) is 12.9. The van der Waals surface area contributed by atoms with Gasteiger partial charge in [-0.25, -0.2) is 0 Å². The molecule has 19 heavy (non-hydrogen) atoms. The molecule has 0 aromatic carbocycles. The Kier molecular flexibility index (Phi) is 6.89. The van der Waals surface area contributed by atoms with Gasteiger partial charge in [0, 0.05) is 31.1 Å². The molecule has 2 aromatic heterocycles. The Hall–Kier alpha value is -0.520. The maximum absolute atomic E-state index is 5.62. The number of furan rings is 1. The molecule has 1 N–H and O–H groups in total. The van der Waals surface area contributed by atoms with E-state index < -0.39 is 0 Å². The molecule has 0 saturated carbocycles. The number of thiophene rings is 1. The van der Waals surface area contributed by atoms with Crippen molar-refractivity contribution in [3.05, 3.63) is 46.5 Å². The molecule has 2 aromatic rings. The summed E-state index contributed by atoms with van der Waals surface area (Å²) < 4.78 is 5.62. The number of rotatable bonds is 3. The number of hydrogen-bond acceptors (Lipinski definition) is 4. The van der Waals surface area contributed by atoms with E-state index in [1.165, 1.54) is 4.88 Å². The first-order valence-electron chi connectivity index (χ1n) is 5.97. The fraction of sp³-hybridized carbons (Fsp3) is 0.385. The summed E-state index contributed by atoms with van der Waals surface area (Å²) in [4.78, 5) is 3.85. The zero-order chi connectivity index (χ0) is 11.5. The van der Waals surface area contributed by atoms with Gasteiger partial charge in [0.15, 0.2) is 0 Å². The summed E-state index contributed by atoms with van der Waals surface area (Å²) in [6.45, 7) is 4.26. The lowest BCUT2D eigenvalue weighted by Crippen LogP contribution is -2.45. The average molecular weight is 321 g/mol. The highest BCUT2D eigenvalue weighted by molar-refractivity contribution is 7.10. The monoisotopic (exact) mass is 320 g/mol. The van der Waals surface area contributed by atoms with E-state index in [2.05, 4.69) is 33.8 Å². The molecule has 3 rings (SSSR count). The van der Waals surface area contributed by atoms with E-state index in [-0.39, 0.29) is 30.9 Å². The molecule has 1 saturated heterocycles. The summed E-state index contributed by atoms with van der Waals surface area (Å²) in [5.41, 5.74) is 0. The van der Waals surface area contributed by atoms with Crippen molar-refractivity contribution in [2.45, 2.75) is 6.04 Å². The summed E-state index contributed by atoms with van der Waals surface area (Å²) in [5, 5.41) is 5.52. The van der Waals surface area contributed by atoms with Crippen molar-refractivity contribution in [3.8, 4) is 0 Å². The third-order valence-corrected chi connectivity index (χ3v) is 4.07. The molecular weight excluding hydrogens is 303 g/mol. The van der Waals surface area contributed by atoms with Crippen LogP contribution in [0.4, 0.5) is 0 Å². The Balaban J connectivity index is 0.000000902. The van der Waals surface area contributed by atoms with Crippen LogP contribution in [0.2, 0.25) is 0 Å². The van der Waals surface area contributed by atoms with E-state index in [4.69, 9.17) is 4.42 Å². The van der Waals surface area contributed by atoms with Crippen LogP contribution in [0.1, 0.15) is 16.7 Å². The summed E-state index contributed by atoms with van der Waals surface area (Å²) in [6.07, 6.45) is 1.76. The Morgan fingerprint density at radius 3 is 2.53 bits per heavy atom. The first-order chi connectivity index (χ1) is 8.45. The van der Waals surface area contributed by atoms with Crippen LogP contribution < -0.4 is 5.32 Å². The molecule has 0 aliphatic carbocycles. The summed E-state index contributed by atoms with van der Waals surface area (Å²) in [7, 11) is 0. The van der Waals surface area contributed by atoms with Gasteiger partial charge in [-0.3, -0.25) is 4.90 Å². The van der Waals surface area contributed by atoms with Crippen LogP contribution in [0.3, 0.4) is 0 Å². The molecular formula is C13H18Cl2N2OS. The smallest absolute Gasteiger partial charge is 0.126 e. The molecule has 0 spiro atoms. The van der Waals surface area contributed by atoms with Crippen LogP contribution in [0.5, 0.6) is 0 Å². The van der Waals surface area contributed by atoms with Crippen LogP contribution in [0, 0.1) is 0 Å². The summed E-state index contributed by atoms with van der Waals surface area (Å²) in [6, 6.07) is 8.63. The van der Waals surface area contributed by atoms with Crippen LogP contribution in [0.15, 0.2) is 40.3 Å². The quantitative estimate of drug-likeness (QED) is 0.941. The SMILES string of the molecule is Cl.Cl.c1coc([C@H](c2cccs2)N2CCNCC2)c1. The number of halogens is 2. The van der Waals surface area contributed by atoms with E-state index in [9.17, 15) is 0 Å². The molecule has 1 aliphatic heterocycles. The normalized spacial score (nSPS) is 17.3. The second-order valence-corrected chi connectivity index (χ2v) is 5.20. The maximum Gasteiger partial charge on any atom is 0.126 e. The molecule has 1 fully saturated rings. The molecule has 0 unspecified atom stereocenters. The number of nitrogens with zero attached hydrogens (tertiary/aromatic N) is 1. The van der Waals surface area contributed by atoms with Crippen molar-refractivity contribution >= 4 is 36.2 Å². The van der Waals surface area contributed by atoms with Crippen molar-refractivity contribution in [1.29, 1.82) is 0 Å². The highest BCUT2D eigenvalue weighted by Gasteiger charge is 2.26. The van der Waals surface area contributed by atoms with E-state index >= 15 is 0 Å². The van der Waals surface area contributed by atoms with Gasteiger partial charge in [-0.05, 0) is 23.6 Å². The molecule has 0 amide bonds. The fourth-order valence-corrected chi connectivity index (χ4v) is 3.20. The third-order valence-electron chi connectivity index (χ3n) is 3.14. The minimum atomic E-state index is 0. The number of hydrogen-bond donors (Lipinski definition) is 1. The molecule has 3 heterocycles. The van der Waals surface area contributed by atoms with Gasteiger partial charge in [-0.2, -0.15) is 0 Å². The summed E-state index contributed by atoms with van der Waals surface area (Å²) in [5.74, 6) is 1.05. The molecule has 106 valence electrons. The van der Waals surface area contributed by atoms with E-state index in [1.807, 2.05) is 6.07 Å². The number of piperazine rings is 1. The van der Waals surface area contributed by atoms with Gasteiger partial charge in [0.1, 0.15) is 11.8 Å². The van der Waals surface area contributed by atoms with Gasteiger partial charge in [0.2, 0.25) is 0 Å². The van der Waals surface area contributed by atoms with Crippen molar-refractivity contribution in [2.24, 2.45) is 0 Å². The number of nitrogens with one attached hydrogen (secondary N) is 1. The molecule has 3 nitrogen and oxygen atoms in total. The standard InChI is InChI=1S/C13H16N2OS.2ClH/c1-3-11(16-9-1)13(12-4-2-10-17-12)15-7-5-14-6-8-15;;/h1-4,9-10,13-14H,5-8H2;2*1H/t13-;;/m1../s1. The van der Waals surface area contributed by atoms with Crippen molar-refractivity contribution in [2.75, 3.05) is 26.2 Å². The maximum atomic E-state index is 5.62. The van der Waals surface area contributed by atoms with Gasteiger partial charge >= 0.3 is 0 Å². The lowest BCUT2D eigenvalue weighted by molar-refractivity contribution is 0.182. The largest absolute Gasteiger partial charge is 0.467 e. The van der Waals surface area contributed by atoms with E-state index in [0.717, 1.165) is 31.9 Å². The lowest BCUT2D eigenvalue weighted by Gasteiger charge is -2.33. The molecule has 0 radical (unpaired) electrons. The average Bonchev–Trinajstić information content (AvgIpc) is 3.04. The summed E-state index contributed by atoms with van der Waals surface area (Å²) >= 11 is 1.80. The topological polar surface area (TPSA) is 28.4 Å². The van der Waals surface area contributed by atoms with Crippen molar-refractivity contribution in [1.82, 2.24) is 10.2 Å². The second kappa shape index (κ2) is 7.92. The van der Waals surface area contributed by atoms with Crippen molar-refractivity contribution < 1.29 is 4.42 Å². The Labute approximate surface area is 129 Å². The minimum Gasteiger partial charge on any atom is -0.467 e. The van der Waals surface area contributed by atoms with Gasteiger partial charge in [-0.1, -0.05) is 6.07 Å². The third kappa shape index (κ3) is 3.74. The lowest BCUT2D eigenvalue weighted by atomic mass is 10.1. The molecule has 0 bridgehead atoms. The molecule has 1 aliphatic rings. The first kappa shape index (κ1) is 16.5. The highest BCUT2D eigenvalue weighted by Crippen LogP contribution is 2.32. The van der Waals surface area contributed by atoms with Gasteiger partial charge < -0.3 is 9.73 Å². The minimum absolute atomic E-state index is 0. The Morgan fingerprint density at radius 2 is 1.95 bits per heavy atom. The predicted molar refractivity (Wildman–Crippen MR) is 83.8 cm³/mol. The van der Waals surface area contributed by atoms with Gasteiger partial charge in [0.05, 0.1) is 6.26 Å². The van der Waals surface area contributed by atoms with Crippen molar-refractivity contribution in [3.63, 3.8) is 0 Å². The van der Waals surface area contributed by atoms with Crippen LogP contribution in [0.25, 0.3) is 0 Å². The van der Waals surface area contributed by atoms with Gasteiger partial charge in [-0.15, -0.1) is 36.2 Å². The molecule has 1 atom stereocenters.